The summed E-state index contributed by atoms with van der Waals surface area (Å²) in [6.07, 6.45) is 0. The number of nitrogens with one attached hydrogen (secondary N) is 1. The number of carboxylic acid groups (broad SMARTS) is 1. The Kier molecular flexibility index (Phi) is 4.09. The number of nitrogens with zero attached hydrogens (tertiary/aromatic N) is 3. The van der Waals surface area contributed by atoms with Gasteiger partial charge in [0.2, 0.25) is 5.03 Å². The molecule has 0 aromatic carbocycles. The van der Waals surface area contributed by atoms with Gasteiger partial charge in [0.25, 0.3) is 10.0 Å². The van der Waals surface area contributed by atoms with Crippen LogP contribution >= 0.6 is 0 Å². The molecule has 118 valence electrons. The lowest BCUT2D eigenvalue weighted by Gasteiger charge is -2.22. The van der Waals surface area contributed by atoms with Crippen LogP contribution in [0.4, 0.5) is 0 Å². The normalized spacial score (nSPS) is 23.9. The number of carbonyl (C=O) groups is 1. The molecule has 1 aromatic heterocycles. The summed E-state index contributed by atoms with van der Waals surface area (Å²) in [4.78, 5) is 13.2. The predicted octanol–water partition coefficient (Wildman–Crippen LogP) is -0.0131. The molecule has 0 bridgehead atoms. The Balaban J connectivity index is 2.39. The van der Waals surface area contributed by atoms with E-state index in [0.717, 1.165) is 0 Å². The van der Waals surface area contributed by atoms with E-state index in [2.05, 4.69) is 10.2 Å². The molecule has 2 N–H and O–H groups in total. The first-order valence-corrected chi connectivity index (χ1v) is 8.05. The van der Waals surface area contributed by atoms with Crippen molar-refractivity contribution in [1.82, 2.24) is 19.4 Å². The standard InChI is InChI=1S/C12H20N4O4S/c1-7-5-16(6-9(7)15(3)4)21(19,20)11-10(12(17)18)8(2)13-14-11/h7,9H,5-6H2,1-4H3,(H,13,14)(H,17,18). The highest BCUT2D eigenvalue weighted by Crippen LogP contribution is 2.28. The van der Waals surface area contributed by atoms with E-state index in [1.54, 1.807) is 0 Å². The highest BCUT2D eigenvalue weighted by atomic mass is 32.2. The molecule has 0 amide bonds. The maximum atomic E-state index is 12.6. The summed E-state index contributed by atoms with van der Waals surface area (Å²) in [6.45, 7) is 4.16. The van der Waals surface area contributed by atoms with Crippen LogP contribution in [-0.2, 0) is 10.0 Å². The number of aromatic carboxylic acids is 1. The number of likely N-dealkylation sites (N-methyl/N-ethyl adjacent to an activating group) is 1. The Bertz CT molecular complexity index is 652. The summed E-state index contributed by atoms with van der Waals surface area (Å²) < 4.78 is 26.6. The second kappa shape index (κ2) is 5.39. The summed E-state index contributed by atoms with van der Waals surface area (Å²) in [5.74, 6) is -1.13. The molecule has 0 saturated carbocycles. The molecule has 9 heteroatoms. The lowest BCUT2D eigenvalue weighted by atomic mass is 10.1. The second-order valence-electron chi connectivity index (χ2n) is 5.66. The number of hydrogen-bond acceptors (Lipinski definition) is 5. The average molecular weight is 316 g/mol. The molecule has 21 heavy (non-hydrogen) atoms. The maximum absolute atomic E-state index is 12.6. The van der Waals surface area contributed by atoms with Gasteiger partial charge in [-0.05, 0) is 26.9 Å². The van der Waals surface area contributed by atoms with Gasteiger partial charge in [-0.15, -0.1) is 0 Å². The van der Waals surface area contributed by atoms with Gasteiger partial charge in [-0.2, -0.15) is 9.40 Å². The molecule has 0 spiro atoms. The quantitative estimate of drug-likeness (QED) is 0.809. The van der Waals surface area contributed by atoms with Crippen molar-refractivity contribution in [2.45, 2.75) is 24.9 Å². The van der Waals surface area contributed by atoms with Gasteiger partial charge < -0.3 is 10.0 Å². The highest BCUT2D eigenvalue weighted by Gasteiger charge is 2.41. The highest BCUT2D eigenvalue weighted by molar-refractivity contribution is 7.89. The van der Waals surface area contributed by atoms with Crippen molar-refractivity contribution >= 4 is 16.0 Å². The van der Waals surface area contributed by atoms with Gasteiger partial charge in [-0.3, -0.25) is 5.10 Å². The summed E-state index contributed by atoms with van der Waals surface area (Å²) >= 11 is 0. The first-order valence-electron chi connectivity index (χ1n) is 6.61. The van der Waals surface area contributed by atoms with Crippen LogP contribution in [0, 0.1) is 12.8 Å². The van der Waals surface area contributed by atoms with Crippen LogP contribution in [0.2, 0.25) is 0 Å². The van der Waals surface area contributed by atoms with Crippen molar-refractivity contribution in [2.75, 3.05) is 27.2 Å². The molecular weight excluding hydrogens is 296 g/mol. The zero-order chi connectivity index (χ0) is 15.9. The van der Waals surface area contributed by atoms with Crippen molar-refractivity contribution in [3.63, 3.8) is 0 Å². The smallest absolute Gasteiger partial charge is 0.340 e. The van der Waals surface area contributed by atoms with Gasteiger partial charge >= 0.3 is 5.97 Å². The number of H-pyrrole nitrogens is 1. The third-order valence-corrected chi connectivity index (χ3v) is 5.68. The van der Waals surface area contributed by atoms with E-state index < -0.39 is 21.0 Å². The van der Waals surface area contributed by atoms with Crippen LogP contribution in [-0.4, -0.2) is 72.1 Å². The zero-order valence-corrected chi connectivity index (χ0v) is 13.3. The molecule has 1 aliphatic heterocycles. The first kappa shape index (κ1) is 15.9. The molecule has 1 fully saturated rings. The van der Waals surface area contributed by atoms with Gasteiger partial charge in [0, 0.05) is 24.8 Å². The molecular formula is C12H20N4O4S. The van der Waals surface area contributed by atoms with Gasteiger partial charge in [-0.1, -0.05) is 6.92 Å². The Morgan fingerprint density at radius 3 is 2.52 bits per heavy atom. The largest absolute Gasteiger partial charge is 0.478 e. The van der Waals surface area contributed by atoms with Crippen LogP contribution in [0.25, 0.3) is 0 Å². The minimum absolute atomic E-state index is 0.105. The predicted molar refractivity (Wildman–Crippen MR) is 75.7 cm³/mol. The van der Waals surface area contributed by atoms with Gasteiger partial charge in [0.05, 0.1) is 0 Å². The van der Waals surface area contributed by atoms with E-state index in [1.165, 1.54) is 11.2 Å². The number of carboxylic acids is 1. The molecule has 1 aliphatic rings. The minimum Gasteiger partial charge on any atom is -0.478 e. The molecule has 2 atom stereocenters. The van der Waals surface area contributed by atoms with Gasteiger partial charge in [0.1, 0.15) is 5.56 Å². The summed E-state index contributed by atoms with van der Waals surface area (Å²) in [6, 6.07) is 0.105. The van der Waals surface area contributed by atoms with Crippen molar-refractivity contribution < 1.29 is 18.3 Å². The van der Waals surface area contributed by atoms with Crippen molar-refractivity contribution in [3.8, 4) is 0 Å². The number of rotatable bonds is 4. The Morgan fingerprint density at radius 2 is 2.05 bits per heavy atom. The number of sulfonamides is 1. The van der Waals surface area contributed by atoms with Crippen molar-refractivity contribution in [3.05, 3.63) is 11.3 Å². The molecule has 1 saturated heterocycles. The second-order valence-corrected chi connectivity index (χ2v) is 7.52. The summed E-state index contributed by atoms with van der Waals surface area (Å²) in [5.41, 5.74) is -0.0477. The SMILES string of the molecule is Cc1[nH]nc(S(=O)(=O)N2CC(C)C(N(C)C)C2)c1C(=O)O. The molecule has 8 nitrogen and oxygen atoms in total. The third kappa shape index (κ3) is 2.68. The monoisotopic (exact) mass is 316 g/mol. The molecule has 1 aromatic rings. The Hall–Kier alpha value is -1.45. The molecule has 0 radical (unpaired) electrons. The maximum Gasteiger partial charge on any atom is 0.340 e. The van der Waals surface area contributed by atoms with Gasteiger partial charge in [0.15, 0.2) is 0 Å². The fraction of sp³-hybridized carbons (Fsp3) is 0.667. The number of hydrogen-bond donors (Lipinski definition) is 2. The van der Waals surface area contributed by atoms with Crippen LogP contribution in [0.5, 0.6) is 0 Å². The lowest BCUT2D eigenvalue weighted by Crippen LogP contribution is -2.36. The van der Waals surface area contributed by atoms with E-state index in [-0.39, 0.29) is 23.2 Å². The Morgan fingerprint density at radius 1 is 1.43 bits per heavy atom. The van der Waals surface area contributed by atoms with E-state index in [1.807, 2.05) is 25.9 Å². The zero-order valence-electron chi connectivity index (χ0n) is 12.5. The number of aromatic nitrogens is 2. The van der Waals surface area contributed by atoms with Gasteiger partial charge in [-0.25, -0.2) is 13.2 Å². The van der Waals surface area contributed by atoms with Crippen molar-refractivity contribution in [2.24, 2.45) is 5.92 Å². The van der Waals surface area contributed by atoms with E-state index in [0.29, 0.717) is 13.1 Å². The molecule has 2 rings (SSSR count). The lowest BCUT2D eigenvalue weighted by molar-refractivity contribution is 0.0691. The van der Waals surface area contributed by atoms with E-state index >= 15 is 0 Å². The Labute approximate surface area is 123 Å². The fourth-order valence-corrected chi connectivity index (χ4v) is 4.43. The van der Waals surface area contributed by atoms with Crippen LogP contribution in [0.15, 0.2) is 5.03 Å². The first-order chi connectivity index (χ1) is 9.66. The number of aromatic amines is 1. The molecule has 0 aliphatic carbocycles. The van der Waals surface area contributed by atoms with Crippen LogP contribution in [0.1, 0.15) is 23.0 Å². The fourth-order valence-electron chi connectivity index (χ4n) is 2.74. The van der Waals surface area contributed by atoms with Crippen molar-refractivity contribution in [1.29, 1.82) is 0 Å². The third-order valence-electron chi connectivity index (χ3n) is 3.91. The molecule has 2 heterocycles. The topological polar surface area (TPSA) is 107 Å². The number of aryl methyl sites for hydroxylation is 1. The molecule has 2 unspecified atom stereocenters. The van der Waals surface area contributed by atoms with E-state index in [9.17, 15) is 18.3 Å². The van der Waals surface area contributed by atoms with Crippen LogP contribution < -0.4 is 0 Å². The van der Waals surface area contributed by atoms with E-state index in [4.69, 9.17) is 0 Å². The average Bonchev–Trinajstić information content (AvgIpc) is 2.92. The summed E-state index contributed by atoms with van der Waals surface area (Å²) in [7, 11) is -0.107. The van der Waals surface area contributed by atoms with Crippen LogP contribution in [0.3, 0.4) is 0 Å². The minimum atomic E-state index is -3.91. The summed E-state index contributed by atoms with van der Waals surface area (Å²) in [5, 5.41) is 14.9.